The lowest BCUT2D eigenvalue weighted by Crippen LogP contribution is -2.00. The summed E-state index contributed by atoms with van der Waals surface area (Å²) in [6, 6.07) is 6.81. The van der Waals surface area contributed by atoms with E-state index in [0.29, 0.717) is 10.7 Å². The first-order valence-electron chi connectivity index (χ1n) is 4.69. The summed E-state index contributed by atoms with van der Waals surface area (Å²) in [7, 11) is 0. The standard InChI is InChI=1S/C11H7Cl2N2O2/c12-5-10(16)7-6-14-15(11(7)17)9-4-2-1-3-8(9)13/h1-4,17H,5H2. The van der Waals surface area contributed by atoms with Gasteiger partial charge < -0.3 is 5.11 Å². The van der Waals surface area contributed by atoms with Crippen LogP contribution in [-0.4, -0.2) is 26.6 Å². The number of Topliss-reactive ketones (excluding diaryl/α,β-unsaturated/α-hetero) is 1. The molecule has 0 spiro atoms. The largest absolute Gasteiger partial charge is 0.493 e. The third-order valence-corrected chi connectivity index (χ3v) is 2.73. The minimum absolute atomic E-state index is 0.0417. The molecule has 4 nitrogen and oxygen atoms in total. The number of carbonyl (C=O) groups is 1. The number of halogens is 2. The molecular formula is C11H7Cl2N2O2. The van der Waals surface area contributed by atoms with Gasteiger partial charge in [0, 0.05) is 0 Å². The number of para-hydroxylation sites is 1. The van der Waals surface area contributed by atoms with Gasteiger partial charge in [-0.15, -0.1) is 11.6 Å². The van der Waals surface area contributed by atoms with Crippen LogP contribution in [0.5, 0.6) is 5.88 Å². The maximum Gasteiger partial charge on any atom is 0.226 e. The Morgan fingerprint density at radius 1 is 1.47 bits per heavy atom. The molecule has 2 rings (SSSR count). The van der Waals surface area contributed by atoms with Crippen LogP contribution in [0.4, 0.5) is 0 Å². The lowest BCUT2D eigenvalue weighted by molar-refractivity contribution is 0.101. The second-order valence-corrected chi connectivity index (χ2v) is 3.90. The predicted molar refractivity (Wildman–Crippen MR) is 64.1 cm³/mol. The van der Waals surface area contributed by atoms with Gasteiger partial charge in [0.15, 0.2) is 5.78 Å². The van der Waals surface area contributed by atoms with Crippen LogP contribution in [0, 0.1) is 6.20 Å². The van der Waals surface area contributed by atoms with E-state index in [4.69, 9.17) is 23.2 Å². The first kappa shape index (κ1) is 12.0. The average molecular weight is 270 g/mol. The van der Waals surface area contributed by atoms with E-state index in [-0.39, 0.29) is 17.3 Å². The van der Waals surface area contributed by atoms with E-state index in [2.05, 4.69) is 11.3 Å². The average Bonchev–Trinajstić information content (AvgIpc) is 2.71. The number of carbonyl (C=O) groups excluding carboxylic acids is 1. The van der Waals surface area contributed by atoms with Crippen LogP contribution in [0.15, 0.2) is 24.3 Å². The van der Waals surface area contributed by atoms with Gasteiger partial charge in [-0.1, -0.05) is 23.7 Å². The highest BCUT2D eigenvalue weighted by Gasteiger charge is 2.18. The zero-order valence-corrected chi connectivity index (χ0v) is 10.0. The molecule has 0 aliphatic carbocycles. The van der Waals surface area contributed by atoms with Crippen molar-refractivity contribution in [3.63, 3.8) is 0 Å². The van der Waals surface area contributed by atoms with E-state index < -0.39 is 5.78 Å². The second kappa shape index (κ2) is 4.77. The zero-order valence-electron chi connectivity index (χ0n) is 8.52. The van der Waals surface area contributed by atoms with Crippen LogP contribution in [0.2, 0.25) is 5.02 Å². The Morgan fingerprint density at radius 3 is 2.82 bits per heavy atom. The van der Waals surface area contributed by atoms with Crippen LogP contribution in [0.3, 0.4) is 0 Å². The Hall–Kier alpha value is -1.52. The number of aromatic hydroxyl groups is 1. The molecule has 2 aromatic rings. The Morgan fingerprint density at radius 2 is 2.18 bits per heavy atom. The van der Waals surface area contributed by atoms with Crippen LogP contribution in [-0.2, 0) is 0 Å². The highest BCUT2D eigenvalue weighted by molar-refractivity contribution is 6.32. The van der Waals surface area contributed by atoms with Crippen molar-refractivity contribution in [3.8, 4) is 11.6 Å². The number of aromatic nitrogens is 2. The lowest BCUT2D eigenvalue weighted by atomic mass is 10.2. The molecule has 1 radical (unpaired) electrons. The summed E-state index contributed by atoms with van der Waals surface area (Å²) in [4.78, 5) is 11.4. The summed E-state index contributed by atoms with van der Waals surface area (Å²) < 4.78 is 1.14. The number of ketones is 1. The monoisotopic (exact) mass is 269 g/mol. The third-order valence-electron chi connectivity index (χ3n) is 2.17. The molecule has 0 fully saturated rings. The molecule has 0 atom stereocenters. The minimum atomic E-state index is -0.442. The van der Waals surface area contributed by atoms with Crippen molar-refractivity contribution in [2.75, 3.05) is 5.88 Å². The molecule has 1 N–H and O–H groups in total. The molecule has 17 heavy (non-hydrogen) atoms. The van der Waals surface area contributed by atoms with Crippen LogP contribution >= 0.6 is 23.2 Å². The smallest absolute Gasteiger partial charge is 0.226 e. The topological polar surface area (TPSA) is 55.1 Å². The molecule has 6 heteroatoms. The van der Waals surface area contributed by atoms with Crippen molar-refractivity contribution in [1.29, 1.82) is 0 Å². The fourth-order valence-electron chi connectivity index (χ4n) is 1.35. The molecule has 0 unspecified atom stereocenters. The normalized spacial score (nSPS) is 10.5. The zero-order chi connectivity index (χ0) is 12.4. The number of rotatable bonds is 3. The maximum atomic E-state index is 11.4. The predicted octanol–water partition coefficient (Wildman–Crippen LogP) is 2.45. The van der Waals surface area contributed by atoms with Crippen molar-refractivity contribution in [2.24, 2.45) is 0 Å². The van der Waals surface area contributed by atoms with Crippen molar-refractivity contribution >= 4 is 29.0 Å². The van der Waals surface area contributed by atoms with Crippen LogP contribution in [0.25, 0.3) is 5.69 Å². The van der Waals surface area contributed by atoms with Gasteiger partial charge in [0.1, 0.15) is 11.8 Å². The van der Waals surface area contributed by atoms with Crippen molar-refractivity contribution in [3.05, 3.63) is 41.0 Å². The number of nitrogens with zero attached hydrogens (tertiary/aromatic N) is 2. The van der Waals surface area contributed by atoms with Crippen molar-refractivity contribution in [2.45, 2.75) is 0 Å². The van der Waals surface area contributed by atoms with E-state index in [1.807, 2.05) is 0 Å². The van der Waals surface area contributed by atoms with Gasteiger partial charge in [0.25, 0.3) is 0 Å². The van der Waals surface area contributed by atoms with Gasteiger partial charge in [-0.25, -0.2) is 0 Å². The molecule has 0 amide bonds. The fourth-order valence-corrected chi connectivity index (χ4v) is 1.70. The highest BCUT2D eigenvalue weighted by atomic mass is 35.5. The van der Waals surface area contributed by atoms with Crippen LogP contribution in [0.1, 0.15) is 10.4 Å². The quantitative estimate of drug-likeness (QED) is 0.688. The Kier molecular flexibility index (Phi) is 3.36. The minimum Gasteiger partial charge on any atom is -0.493 e. The van der Waals surface area contributed by atoms with E-state index in [1.165, 1.54) is 0 Å². The first-order valence-corrected chi connectivity index (χ1v) is 5.60. The molecule has 0 aliphatic rings. The Labute approximate surface area is 107 Å². The van der Waals surface area contributed by atoms with Gasteiger partial charge in [-0.05, 0) is 12.1 Å². The summed E-state index contributed by atoms with van der Waals surface area (Å²) >= 11 is 11.4. The molecular weight excluding hydrogens is 263 g/mol. The molecule has 0 saturated carbocycles. The first-order chi connectivity index (χ1) is 8.15. The number of benzene rings is 1. The third kappa shape index (κ3) is 2.14. The number of hydrogen-bond donors (Lipinski definition) is 1. The van der Waals surface area contributed by atoms with Gasteiger partial charge >= 0.3 is 0 Å². The molecule has 87 valence electrons. The summed E-state index contributed by atoms with van der Waals surface area (Å²) in [6.45, 7) is 0. The van der Waals surface area contributed by atoms with Gasteiger partial charge in [-0.3, -0.25) is 4.79 Å². The van der Waals surface area contributed by atoms with Gasteiger partial charge in [0.05, 0.1) is 16.6 Å². The number of hydrogen-bond acceptors (Lipinski definition) is 3. The fraction of sp³-hybridized carbons (Fsp3) is 0.0909. The van der Waals surface area contributed by atoms with E-state index in [1.54, 1.807) is 24.3 Å². The highest BCUT2D eigenvalue weighted by Crippen LogP contribution is 2.26. The van der Waals surface area contributed by atoms with Gasteiger partial charge in [0.2, 0.25) is 5.88 Å². The van der Waals surface area contributed by atoms with Crippen molar-refractivity contribution < 1.29 is 9.90 Å². The summed E-state index contributed by atoms with van der Waals surface area (Å²) in [5, 5.41) is 14.0. The second-order valence-electron chi connectivity index (χ2n) is 3.23. The SMILES string of the molecule is O=C(CCl)c1[c]nn(-c2ccccc2Cl)c1O. The summed E-state index contributed by atoms with van der Waals surface area (Å²) in [5.74, 6) is -0.996. The molecule has 1 aromatic heterocycles. The Bertz CT molecular complexity index is 566. The van der Waals surface area contributed by atoms with E-state index >= 15 is 0 Å². The lowest BCUT2D eigenvalue weighted by Gasteiger charge is -2.05. The molecule has 1 heterocycles. The summed E-state index contributed by atoms with van der Waals surface area (Å²) in [5.41, 5.74) is 0.427. The van der Waals surface area contributed by atoms with Crippen LogP contribution < -0.4 is 0 Å². The molecule has 0 aliphatic heterocycles. The molecule has 0 saturated heterocycles. The van der Waals surface area contributed by atoms with E-state index in [0.717, 1.165) is 4.68 Å². The van der Waals surface area contributed by atoms with Gasteiger partial charge in [-0.2, -0.15) is 9.78 Å². The van der Waals surface area contributed by atoms with E-state index in [9.17, 15) is 9.90 Å². The Balaban J connectivity index is 2.52. The molecule has 1 aromatic carbocycles. The molecule has 0 bridgehead atoms. The summed E-state index contributed by atoms with van der Waals surface area (Å²) in [6.07, 6.45) is 2.42. The van der Waals surface area contributed by atoms with Crippen molar-refractivity contribution in [1.82, 2.24) is 9.78 Å². The maximum absolute atomic E-state index is 11.4. The number of alkyl halides is 1.